The zero-order valence-electron chi connectivity index (χ0n) is 21.4. The van der Waals surface area contributed by atoms with Gasteiger partial charge in [-0.25, -0.2) is 0 Å². The van der Waals surface area contributed by atoms with Crippen molar-refractivity contribution in [1.82, 2.24) is 9.80 Å². The van der Waals surface area contributed by atoms with Crippen LogP contribution >= 0.6 is 0 Å². The topological polar surface area (TPSA) is 59.1 Å². The summed E-state index contributed by atoms with van der Waals surface area (Å²) in [6.07, 6.45) is 5.02. The molecule has 1 unspecified atom stereocenters. The first-order valence-corrected chi connectivity index (χ1v) is 13.4. The first-order valence-electron chi connectivity index (χ1n) is 13.4. The zero-order valence-corrected chi connectivity index (χ0v) is 21.4. The molecule has 2 heterocycles. The number of carbonyl (C=O) groups excluding carboxylic acids is 2. The molecule has 0 spiro atoms. The third kappa shape index (κ3) is 8.07. The van der Waals surface area contributed by atoms with E-state index in [0.717, 1.165) is 57.5 Å². The SMILES string of the molecule is O=C1CCN(CCC(CCCOCc2ccccc2)(OCc2ccccc2)N2CCC(=O)CC2)CC1. The number of ether oxygens (including phenoxy) is 2. The molecule has 0 saturated carbocycles. The van der Waals surface area contributed by atoms with E-state index >= 15 is 0 Å². The molecule has 2 saturated heterocycles. The van der Waals surface area contributed by atoms with Gasteiger partial charge < -0.3 is 14.4 Å². The molecule has 2 aliphatic heterocycles. The fourth-order valence-electron chi connectivity index (χ4n) is 5.21. The predicted molar refractivity (Wildman–Crippen MR) is 140 cm³/mol. The number of Topliss-reactive ketones (excluding diaryl/α,β-unsaturated/α-hetero) is 2. The van der Waals surface area contributed by atoms with Gasteiger partial charge in [-0.05, 0) is 24.0 Å². The molecule has 0 bridgehead atoms. The maximum atomic E-state index is 12.1. The van der Waals surface area contributed by atoms with Gasteiger partial charge in [0.1, 0.15) is 17.3 Å². The molecule has 0 aromatic heterocycles. The number of piperidine rings is 2. The molecular formula is C30H40N2O4. The molecule has 0 aliphatic carbocycles. The number of nitrogens with zero attached hydrogens (tertiary/aromatic N) is 2. The molecule has 4 rings (SSSR count). The van der Waals surface area contributed by atoms with Crippen LogP contribution in [0, 0.1) is 0 Å². The first-order chi connectivity index (χ1) is 17.6. The van der Waals surface area contributed by atoms with Crippen molar-refractivity contribution in [3.63, 3.8) is 0 Å². The third-order valence-electron chi connectivity index (χ3n) is 7.45. The summed E-state index contributed by atoms with van der Waals surface area (Å²) in [4.78, 5) is 28.6. The fraction of sp³-hybridized carbons (Fsp3) is 0.533. The predicted octanol–water partition coefficient (Wildman–Crippen LogP) is 4.62. The smallest absolute Gasteiger partial charge is 0.135 e. The van der Waals surface area contributed by atoms with Crippen molar-refractivity contribution in [2.45, 2.75) is 63.9 Å². The molecule has 0 radical (unpaired) electrons. The van der Waals surface area contributed by atoms with Crippen molar-refractivity contribution in [1.29, 1.82) is 0 Å². The van der Waals surface area contributed by atoms with Crippen LogP contribution in [0.25, 0.3) is 0 Å². The summed E-state index contributed by atoms with van der Waals surface area (Å²) in [6, 6.07) is 20.6. The Kier molecular flexibility index (Phi) is 10.2. The average Bonchev–Trinajstić information content (AvgIpc) is 2.92. The van der Waals surface area contributed by atoms with Crippen LogP contribution in [0.2, 0.25) is 0 Å². The summed E-state index contributed by atoms with van der Waals surface area (Å²) in [5.74, 6) is 0.701. The average molecular weight is 493 g/mol. The molecule has 2 aliphatic rings. The van der Waals surface area contributed by atoms with Gasteiger partial charge in [0.05, 0.1) is 13.2 Å². The molecule has 2 aromatic carbocycles. The van der Waals surface area contributed by atoms with Gasteiger partial charge in [0.15, 0.2) is 0 Å². The number of benzene rings is 2. The molecule has 0 N–H and O–H groups in total. The third-order valence-corrected chi connectivity index (χ3v) is 7.45. The van der Waals surface area contributed by atoms with E-state index in [9.17, 15) is 9.59 Å². The van der Waals surface area contributed by atoms with Crippen LogP contribution in [0.1, 0.15) is 56.1 Å². The highest BCUT2D eigenvalue weighted by molar-refractivity contribution is 5.79. The lowest BCUT2D eigenvalue weighted by molar-refractivity contribution is -0.185. The van der Waals surface area contributed by atoms with Crippen LogP contribution in [0.4, 0.5) is 0 Å². The highest BCUT2D eigenvalue weighted by atomic mass is 16.5. The number of hydrogen-bond donors (Lipinski definition) is 0. The van der Waals surface area contributed by atoms with Gasteiger partial charge in [0.25, 0.3) is 0 Å². The van der Waals surface area contributed by atoms with Gasteiger partial charge in [-0.1, -0.05) is 60.7 Å². The Balaban J connectivity index is 1.43. The van der Waals surface area contributed by atoms with E-state index in [2.05, 4.69) is 34.1 Å². The van der Waals surface area contributed by atoms with Gasteiger partial charge in [-0.2, -0.15) is 0 Å². The minimum Gasteiger partial charge on any atom is -0.377 e. The van der Waals surface area contributed by atoms with Gasteiger partial charge in [-0.15, -0.1) is 0 Å². The van der Waals surface area contributed by atoms with Crippen LogP contribution < -0.4 is 0 Å². The largest absolute Gasteiger partial charge is 0.377 e. The van der Waals surface area contributed by atoms with Crippen molar-refractivity contribution in [2.24, 2.45) is 0 Å². The van der Waals surface area contributed by atoms with Crippen LogP contribution in [-0.2, 0) is 32.3 Å². The Morgan fingerprint density at radius 2 is 1.25 bits per heavy atom. The van der Waals surface area contributed by atoms with E-state index in [1.807, 2.05) is 36.4 Å². The Bertz CT molecular complexity index is 932. The molecule has 0 amide bonds. The first kappa shape index (κ1) is 26.7. The van der Waals surface area contributed by atoms with Gasteiger partial charge in [-0.3, -0.25) is 14.5 Å². The van der Waals surface area contributed by atoms with Crippen molar-refractivity contribution in [3.05, 3.63) is 71.8 Å². The standard InChI is InChI=1S/C30H40N2O4/c33-28-12-18-31(19-13-28)22-17-30(32-20-14-29(34)15-21-32,36-25-27-10-5-2-6-11-27)16-7-23-35-24-26-8-3-1-4-9-26/h1-6,8-11H,7,12-25H2. The Morgan fingerprint density at radius 1 is 0.694 bits per heavy atom. The molecule has 6 heteroatoms. The summed E-state index contributed by atoms with van der Waals surface area (Å²) < 4.78 is 12.8. The Hall–Kier alpha value is -2.38. The Morgan fingerprint density at radius 3 is 1.86 bits per heavy atom. The van der Waals surface area contributed by atoms with Crippen LogP contribution in [-0.4, -0.2) is 66.4 Å². The highest BCUT2D eigenvalue weighted by Crippen LogP contribution is 2.32. The van der Waals surface area contributed by atoms with Crippen LogP contribution in [0.5, 0.6) is 0 Å². The van der Waals surface area contributed by atoms with Crippen molar-refractivity contribution >= 4 is 11.6 Å². The lowest BCUT2D eigenvalue weighted by atomic mass is 9.96. The number of ketones is 2. The molecule has 6 nitrogen and oxygen atoms in total. The van der Waals surface area contributed by atoms with E-state index in [1.54, 1.807) is 0 Å². The summed E-state index contributed by atoms with van der Waals surface area (Å²) >= 11 is 0. The van der Waals surface area contributed by atoms with Crippen LogP contribution in [0.15, 0.2) is 60.7 Å². The van der Waals surface area contributed by atoms with E-state index < -0.39 is 5.72 Å². The van der Waals surface area contributed by atoms with Crippen molar-refractivity contribution < 1.29 is 19.1 Å². The van der Waals surface area contributed by atoms with E-state index in [-0.39, 0.29) is 0 Å². The lowest BCUT2D eigenvalue weighted by Gasteiger charge is -2.46. The molecule has 36 heavy (non-hydrogen) atoms. The number of likely N-dealkylation sites (tertiary alicyclic amines) is 2. The molecule has 2 fully saturated rings. The normalized spacial score (nSPS) is 19.3. The van der Waals surface area contributed by atoms with Gasteiger partial charge in [0.2, 0.25) is 0 Å². The number of rotatable bonds is 13. The quantitative estimate of drug-likeness (QED) is 0.381. The highest BCUT2D eigenvalue weighted by Gasteiger charge is 2.39. The summed E-state index contributed by atoms with van der Waals surface area (Å²) in [6.45, 7) is 5.81. The minimum atomic E-state index is -0.464. The van der Waals surface area contributed by atoms with Crippen LogP contribution in [0.3, 0.4) is 0 Å². The monoisotopic (exact) mass is 492 g/mol. The number of carbonyl (C=O) groups is 2. The second-order valence-corrected chi connectivity index (χ2v) is 10.0. The van der Waals surface area contributed by atoms with Crippen molar-refractivity contribution in [3.8, 4) is 0 Å². The van der Waals surface area contributed by atoms with Gasteiger partial charge >= 0.3 is 0 Å². The summed E-state index contributed by atoms with van der Waals surface area (Å²) in [7, 11) is 0. The maximum Gasteiger partial charge on any atom is 0.135 e. The van der Waals surface area contributed by atoms with E-state index in [0.29, 0.717) is 57.1 Å². The van der Waals surface area contributed by atoms with E-state index in [1.165, 1.54) is 5.56 Å². The number of hydrogen-bond acceptors (Lipinski definition) is 6. The van der Waals surface area contributed by atoms with E-state index in [4.69, 9.17) is 9.47 Å². The summed E-state index contributed by atoms with van der Waals surface area (Å²) in [5, 5.41) is 0. The Labute approximate surface area is 215 Å². The lowest BCUT2D eigenvalue weighted by Crippen LogP contribution is -2.55. The molecule has 1 atom stereocenters. The maximum absolute atomic E-state index is 12.1. The second-order valence-electron chi connectivity index (χ2n) is 10.0. The molecule has 2 aromatic rings. The van der Waals surface area contributed by atoms with Crippen molar-refractivity contribution in [2.75, 3.05) is 39.3 Å². The van der Waals surface area contributed by atoms with Gasteiger partial charge in [0, 0.05) is 71.4 Å². The fourth-order valence-corrected chi connectivity index (χ4v) is 5.21. The summed E-state index contributed by atoms with van der Waals surface area (Å²) in [5.41, 5.74) is 1.87. The minimum absolute atomic E-state index is 0.337. The second kappa shape index (κ2) is 13.8. The molecule has 194 valence electrons. The zero-order chi connectivity index (χ0) is 25.1. The molecular weight excluding hydrogens is 452 g/mol.